The zero-order valence-electron chi connectivity index (χ0n) is 12.4. The van der Waals surface area contributed by atoms with Crippen LogP contribution in [0.25, 0.3) is 5.65 Å². The van der Waals surface area contributed by atoms with Crippen LogP contribution in [-0.4, -0.2) is 27.5 Å². The van der Waals surface area contributed by atoms with Crippen LogP contribution in [0.1, 0.15) is 29.6 Å². The number of pyridine rings is 1. The molecule has 1 N–H and O–H groups in total. The summed E-state index contributed by atoms with van der Waals surface area (Å²) in [5, 5.41) is 10.7. The van der Waals surface area contributed by atoms with Gasteiger partial charge in [0, 0.05) is 38.2 Å². The highest BCUT2D eigenvalue weighted by molar-refractivity contribution is 5.93. The Morgan fingerprint density at radius 2 is 2.17 bits per heavy atom. The van der Waals surface area contributed by atoms with Crippen LogP contribution in [0.5, 0.6) is 0 Å². The third-order valence-electron chi connectivity index (χ3n) is 3.72. The predicted molar refractivity (Wildman–Crippen MR) is 84.1 cm³/mol. The first-order valence-corrected chi connectivity index (χ1v) is 7.27. The van der Waals surface area contributed by atoms with E-state index in [4.69, 9.17) is 6.42 Å². The summed E-state index contributed by atoms with van der Waals surface area (Å²) in [5.41, 5.74) is -0.332. The van der Waals surface area contributed by atoms with Gasteiger partial charge in [-0.2, -0.15) is 10.2 Å². The molecule has 1 aliphatic rings. The monoisotopic (exact) mass is 309 g/mol. The van der Waals surface area contributed by atoms with Gasteiger partial charge in [0.2, 0.25) is 0 Å². The van der Waals surface area contributed by atoms with Crippen molar-refractivity contribution >= 4 is 11.6 Å². The number of nitrogens with zero attached hydrogens (tertiary/aromatic N) is 4. The van der Waals surface area contributed by atoms with Crippen molar-refractivity contribution in [3.8, 4) is 12.3 Å². The molecule has 1 amide bonds. The van der Waals surface area contributed by atoms with Crippen LogP contribution in [0.15, 0.2) is 45.6 Å². The SMILES string of the molecule is C#CCCC1(CCNC(=O)c2cnc3ccccn3c2=O)N=N1. The normalized spacial score (nSPS) is 14.4. The third-order valence-corrected chi connectivity index (χ3v) is 3.72. The molecule has 23 heavy (non-hydrogen) atoms. The molecule has 7 nitrogen and oxygen atoms in total. The van der Waals surface area contributed by atoms with Crippen molar-refractivity contribution in [3.63, 3.8) is 0 Å². The summed E-state index contributed by atoms with van der Waals surface area (Å²) >= 11 is 0. The Labute approximate surface area is 132 Å². The first kappa shape index (κ1) is 14.9. The summed E-state index contributed by atoms with van der Waals surface area (Å²) in [6.45, 7) is 0.368. The number of carbonyl (C=O) groups is 1. The molecule has 2 aromatic rings. The molecule has 0 fully saturated rings. The number of rotatable bonds is 6. The standard InChI is InChI=1S/C16H15N5O2/c1-2-3-7-16(19-20-16)8-9-17-14(22)12-11-18-13-6-4-5-10-21(13)15(12)23/h1,4-6,10-11H,3,7-9H2,(H,17,22). The highest BCUT2D eigenvalue weighted by Crippen LogP contribution is 2.35. The van der Waals surface area contributed by atoms with Gasteiger partial charge in [-0.25, -0.2) is 4.98 Å². The van der Waals surface area contributed by atoms with Gasteiger partial charge in [0.25, 0.3) is 11.5 Å². The van der Waals surface area contributed by atoms with Gasteiger partial charge in [0.1, 0.15) is 11.2 Å². The van der Waals surface area contributed by atoms with Gasteiger partial charge in [-0.1, -0.05) is 6.07 Å². The Hall–Kier alpha value is -3.01. The fourth-order valence-corrected chi connectivity index (χ4v) is 2.32. The van der Waals surface area contributed by atoms with Gasteiger partial charge in [-0.05, 0) is 12.1 Å². The van der Waals surface area contributed by atoms with Gasteiger partial charge >= 0.3 is 0 Å². The van der Waals surface area contributed by atoms with E-state index < -0.39 is 17.1 Å². The molecule has 0 aromatic carbocycles. The van der Waals surface area contributed by atoms with E-state index >= 15 is 0 Å². The Balaban J connectivity index is 1.64. The van der Waals surface area contributed by atoms with E-state index in [2.05, 4.69) is 26.4 Å². The minimum Gasteiger partial charge on any atom is -0.352 e. The van der Waals surface area contributed by atoms with E-state index in [1.807, 2.05) is 0 Å². The lowest BCUT2D eigenvalue weighted by Crippen LogP contribution is -2.33. The number of carbonyl (C=O) groups excluding carboxylic acids is 1. The average Bonchev–Trinajstić information content (AvgIpc) is 3.33. The lowest BCUT2D eigenvalue weighted by Gasteiger charge is -2.10. The van der Waals surface area contributed by atoms with Crippen LogP contribution in [0.2, 0.25) is 0 Å². The molecule has 2 aromatic heterocycles. The van der Waals surface area contributed by atoms with Crippen LogP contribution in [-0.2, 0) is 0 Å². The lowest BCUT2D eigenvalue weighted by atomic mass is 10.0. The topological polar surface area (TPSA) is 88.2 Å². The summed E-state index contributed by atoms with van der Waals surface area (Å²) in [4.78, 5) is 28.6. The Morgan fingerprint density at radius 3 is 2.91 bits per heavy atom. The molecule has 0 saturated carbocycles. The summed E-state index contributed by atoms with van der Waals surface area (Å²) in [6.07, 6.45) is 9.96. The van der Waals surface area contributed by atoms with Crippen LogP contribution in [0, 0.1) is 12.3 Å². The zero-order chi connectivity index (χ0) is 16.3. The number of hydrogen-bond donors (Lipinski definition) is 1. The third kappa shape index (κ3) is 3.11. The molecule has 0 atom stereocenters. The van der Waals surface area contributed by atoms with Crippen molar-refractivity contribution in [3.05, 3.63) is 46.5 Å². The van der Waals surface area contributed by atoms with Gasteiger partial charge < -0.3 is 5.32 Å². The number of terminal acetylenes is 1. The Bertz CT molecular complexity index is 872. The summed E-state index contributed by atoms with van der Waals surface area (Å²) in [5.74, 6) is 2.10. The highest BCUT2D eigenvalue weighted by Gasteiger charge is 2.38. The molecule has 0 radical (unpaired) electrons. The molecular weight excluding hydrogens is 294 g/mol. The molecule has 7 heteroatoms. The molecule has 0 spiro atoms. The molecule has 0 unspecified atom stereocenters. The molecule has 3 rings (SSSR count). The second-order valence-electron chi connectivity index (χ2n) is 5.30. The number of hydrogen-bond acceptors (Lipinski definition) is 5. The fraction of sp³-hybridized carbons (Fsp3) is 0.312. The number of aromatic nitrogens is 2. The van der Waals surface area contributed by atoms with Gasteiger partial charge in [0.05, 0.1) is 0 Å². The molecular formula is C16H15N5O2. The van der Waals surface area contributed by atoms with Gasteiger partial charge in [0.15, 0.2) is 5.66 Å². The molecule has 1 aliphatic heterocycles. The Morgan fingerprint density at radius 1 is 1.35 bits per heavy atom. The van der Waals surface area contributed by atoms with E-state index in [-0.39, 0.29) is 5.56 Å². The number of amides is 1. The summed E-state index contributed by atoms with van der Waals surface area (Å²) < 4.78 is 1.34. The fourth-order valence-electron chi connectivity index (χ4n) is 2.32. The van der Waals surface area contributed by atoms with Crippen LogP contribution < -0.4 is 10.9 Å². The van der Waals surface area contributed by atoms with Crippen molar-refractivity contribution in [2.45, 2.75) is 24.9 Å². The first-order chi connectivity index (χ1) is 11.2. The van der Waals surface area contributed by atoms with E-state index in [9.17, 15) is 9.59 Å². The highest BCUT2D eigenvalue weighted by atomic mass is 16.2. The quantitative estimate of drug-likeness (QED) is 0.818. The molecule has 0 aliphatic carbocycles. The van der Waals surface area contributed by atoms with Crippen molar-refractivity contribution in [2.24, 2.45) is 10.2 Å². The number of nitrogens with one attached hydrogen (secondary N) is 1. The van der Waals surface area contributed by atoms with Gasteiger partial charge in [-0.3, -0.25) is 14.0 Å². The summed E-state index contributed by atoms with van der Waals surface area (Å²) in [6, 6.07) is 5.19. The Kier molecular flexibility index (Phi) is 3.89. The van der Waals surface area contributed by atoms with E-state index in [1.165, 1.54) is 10.6 Å². The minimum absolute atomic E-state index is 0.0102. The van der Waals surface area contributed by atoms with Crippen LogP contribution >= 0.6 is 0 Å². The molecule has 0 saturated heterocycles. The predicted octanol–water partition coefficient (Wildman–Crippen LogP) is 1.39. The number of fused-ring (bicyclic) bond motifs is 1. The molecule has 3 heterocycles. The minimum atomic E-state index is -0.450. The maximum absolute atomic E-state index is 12.3. The second kappa shape index (κ2) is 6.01. The largest absolute Gasteiger partial charge is 0.352 e. The van der Waals surface area contributed by atoms with E-state index in [0.29, 0.717) is 31.5 Å². The second-order valence-corrected chi connectivity index (χ2v) is 5.30. The maximum Gasteiger partial charge on any atom is 0.270 e. The van der Waals surface area contributed by atoms with Crippen molar-refractivity contribution in [1.29, 1.82) is 0 Å². The average molecular weight is 309 g/mol. The van der Waals surface area contributed by atoms with Crippen LogP contribution in [0.4, 0.5) is 0 Å². The molecule has 0 bridgehead atoms. The van der Waals surface area contributed by atoms with Crippen molar-refractivity contribution in [2.75, 3.05) is 6.54 Å². The first-order valence-electron chi connectivity index (χ1n) is 7.27. The van der Waals surface area contributed by atoms with E-state index in [0.717, 1.165) is 0 Å². The summed E-state index contributed by atoms with van der Waals surface area (Å²) in [7, 11) is 0. The van der Waals surface area contributed by atoms with Crippen molar-refractivity contribution in [1.82, 2.24) is 14.7 Å². The van der Waals surface area contributed by atoms with E-state index in [1.54, 1.807) is 24.4 Å². The zero-order valence-corrected chi connectivity index (χ0v) is 12.4. The van der Waals surface area contributed by atoms with Crippen molar-refractivity contribution < 1.29 is 4.79 Å². The smallest absolute Gasteiger partial charge is 0.270 e. The maximum atomic E-state index is 12.3. The van der Waals surface area contributed by atoms with Crippen LogP contribution in [0.3, 0.4) is 0 Å². The molecule has 116 valence electrons. The lowest BCUT2D eigenvalue weighted by molar-refractivity contribution is 0.0950. The van der Waals surface area contributed by atoms with Gasteiger partial charge in [-0.15, -0.1) is 12.3 Å².